The quantitative estimate of drug-likeness (QED) is 0.611. The van der Waals surface area contributed by atoms with E-state index in [1.165, 1.54) is 31.4 Å². The standard InChI is InChI=1S/C16H24N2/c1-17-11-5-8-15-9-12-18(13-10-15)14-16-6-3-2-4-7-16/h2-4,6-7,9,17H,5,8,10-14H2,1H3. The lowest BCUT2D eigenvalue weighted by Gasteiger charge is -2.26. The van der Waals surface area contributed by atoms with Crippen molar-refractivity contribution >= 4 is 0 Å². The van der Waals surface area contributed by atoms with Crippen LogP contribution in [0.15, 0.2) is 42.0 Å². The molecule has 1 aromatic rings. The third-order valence-electron chi connectivity index (χ3n) is 3.56. The molecule has 0 fully saturated rings. The third-order valence-corrected chi connectivity index (χ3v) is 3.56. The smallest absolute Gasteiger partial charge is 0.0237 e. The lowest BCUT2D eigenvalue weighted by Crippen LogP contribution is -2.28. The van der Waals surface area contributed by atoms with Gasteiger partial charge in [0.1, 0.15) is 0 Å². The molecule has 98 valence electrons. The molecule has 18 heavy (non-hydrogen) atoms. The second kappa shape index (κ2) is 7.34. The summed E-state index contributed by atoms with van der Waals surface area (Å²) in [7, 11) is 2.02. The largest absolute Gasteiger partial charge is 0.320 e. The van der Waals surface area contributed by atoms with Gasteiger partial charge in [0.2, 0.25) is 0 Å². The summed E-state index contributed by atoms with van der Waals surface area (Å²) in [6, 6.07) is 10.8. The summed E-state index contributed by atoms with van der Waals surface area (Å²) in [6.45, 7) is 4.54. The summed E-state index contributed by atoms with van der Waals surface area (Å²) in [5.41, 5.74) is 3.07. The van der Waals surface area contributed by atoms with Crippen molar-refractivity contribution in [2.75, 3.05) is 26.7 Å². The Bertz CT molecular complexity index is 370. The first-order chi connectivity index (χ1) is 8.88. The van der Waals surface area contributed by atoms with Crippen molar-refractivity contribution in [3.63, 3.8) is 0 Å². The molecule has 0 unspecified atom stereocenters. The zero-order chi connectivity index (χ0) is 12.6. The topological polar surface area (TPSA) is 15.3 Å². The minimum Gasteiger partial charge on any atom is -0.320 e. The van der Waals surface area contributed by atoms with Gasteiger partial charge in [0, 0.05) is 19.6 Å². The van der Waals surface area contributed by atoms with E-state index in [9.17, 15) is 0 Å². The van der Waals surface area contributed by atoms with Crippen LogP contribution in [0.3, 0.4) is 0 Å². The number of nitrogens with one attached hydrogen (secondary N) is 1. The van der Waals surface area contributed by atoms with Gasteiger partial charge in [0.15, 0.2) is 0 Å². The van der Waals surface area contributed by atoms with Crippen LogP contribution in [-0.2, 0) is 6.54 Å². The average Bonchev–Trinajstić information content (AvgIpc) is 2.42. The number of hydrogen-bond donors (Lipinski definition) is 1. The van der Waals surface area contributed by atoms with Crippen LogP contribution >= 0.6 is 0 Å². The van der Waals surface area contributed by atoms with Gasteiger partial charge in [0.05, 0.1) is 0 Å². The summed E-state index contributed by atoms with van der Waals surface area (Å²) >= 11 is 0. The van der Waals surface area contributed by atoms with Gasteiger partial charge in [-0.3, -0.25) is 4.90 Å². The van der Waals surface area contributed by atoms with Gasteiger partial charge < -0.3 is 5.32 Å². The summed E-state index contributed by atoms with van der Waals surface area (Å²) in [6.07, 6.45) is 6.21. The van der Waals surface area contributed by atoms with Gasteiger partial charge in [0.25, 0.3) is 0 Å². The van der Waals surface area contributed by atoms with E-state index in [0.29, 0.717) is 0 Å². The Morgan fingerprint density at radius 1 is 1.22 bits per heavy atom. The highest BCUT2D eigenvalue weighted by molar-refractivity contribution is 5.15. The first-order valence-corrected chi connectivity index (χ1v) is 6.97. The molecule has 0 radical (unpaired) electrons. The van der Waals surface area contributed by atoms with Crippen molar-refractivity contribution in [3.05, 3.63) is 47.5 Å². The number of rotatable bonds is 6. The molecular formula is C16H24N2. The highest BCUT2D eigenvalue weighted by Gasteiger charge is 2.11. The number of benzene rings is 1. The molecule has 1 aromatic carbocycles. The minimum atomic E-state index is 1.08. The molecule has 0 aromatic heterocycles. The molecular weight excluding hydrogens is 220 g/mol. The van der Waals surface area contributed by atoms with E-state index in [4.69, 9.17) is 0 Å². The van der Waals surface area contributed by atoms with E-state index in [0.717, 1.165) is 19.6 Å². The zero-order valence-electron chi connectivity index (χ0n) is 11.4. The lowest BCUT2D eigenvalue weighted by molar-refractivity contribution is 0.284. The van der Waals surface area contributed by atoms with Crippen LogP contribution in [0, 0.1) is 0 Å². The van der Waals surface area contributed by atoms with Gasteiger partial charge in [-0.05, 0) is 38.4 Å². The van der Waals surface area contributed by atoms with Crippen LogP contribution in [0.2, 0.25) is 0 Å². The molecule has 0 atom stereocenters. The summed E-state index contributed by atoms with van der Waals surface area (Å²) in [5.74, 6) is 0. The molecule has 1 heterocycles. The number of nitrogens with zero attached hydrogens (tertiary/aromatic N) is 1. The maximum absolute atomic E-state index is 3.21. The second-order valence-electron chi connectivity index (χ2n) is 5.04. The number of hydrogen-bond acceptors (Lipinski definition) is 2. The maximum atomic E-state index is 3.21. The highest BCUT2D eigenvalue weighted by Crippen LogP contribution is 2.17. The summed E-state index contributed by atoms with van der Waals surface area (Å²) in [5, 5.41) is 3.21. The van der Waals surface area contributed by atoms with Gasteiger partial charge in [-0.15, -0.1) is 0 Å². The molecule has 2 nitrogen and oxygen atoms in total. The van der Waals surface area contributed by atoms with Crippen molar-refractivity contribution in [1.29, 1.82) is 0 Å². The van der Waals surface area contributed by atoms with E-state index in [1.54, 1.807) is 5.57 Å². The van der Waals surface area contributed by atoms with Gasteiger partial charge in [-0.25, -0.2) is 0 Å². The van der Waals surface area contributed by atoms with Crippen LogP contribution in [0.1, 0.15) is 24.8 Å². The Kier molecular flexibility index (Phi) is 5.43. The third kappa shape index (κ3) is 4.28. The Morgan fingerprint density at radius 3 is 2.72 bits per heavy atom. The normalized spacial score (nSPS) is 16.6. The fraction of sp³-hybridized carbons (Fsp3) is 0.500. The molecule has 0 amide bonds. The van der Waals surface area contributed by atoms with E-state index in [1.807, 2.05) is 7.05 Å². The fourth-order valence-electron chi connectivity index (χ4n) is 2.46. The Morgan fingerprint density at radius 2 is 2.06 bits per heavy atom. The predicted molar refractivity (Wildman–Crippen MR) is 77.6 cm³/mol. The van der Waals surface area contributed by atoms with Crippen molar-refractivity contribution in [2.24, 2.45) is 0 Å². The predicted octanol–water partition coefficient (Wildman–Crippen LogP) is 2.82. The molecule has 1 aliphatic rings. The maximum Gasteiger partial charge on any atom is 0.0237 e. The van der Waals surface area contributed by atoms with Crippen LogP contribution in [0.5, 0.6) is 0 Å². The van der Waals surface area contributed by atoms with Crippen molar-refractivity contribution in [1.82, 2.24) is 10.2 Å². The second-order valence-corrected chi connectivity index (χ2v) is 5.04. The molecule has 0 saturated carbocycles. The monoisotopic (exact) mass is 244 g/mol. The van der Waals surface area contributed by atoms with Gasteiger partial charge in [-0.1, -0.05) is 42.0 Å². The van der Waals surface area contributed by atoms with Crippen molar-refractivity contribution in [3.8, 4) is 0 Å². The average molecular weight is 244 g/mol. The molecule has 0 bridgehead atoms. The van der Waals surface area contributed by atoms with Crippen LogP contribution in [-0.4, -0.2) is 31.6 Å². The Balaban J connectivity index is 1.75. The molecule has 1 N–H and O–H groups in total. The molecule has 0 saturated heterocycles. The van der Waals surface area contributed by atoms with Crippen molar-refractivity contribution in [2.45, 2.75) is 25.8 Å². The molecule has 2 heteroatoms. The molecule has 2 rings (SSSR count). The van der Waals surface area contributed by atoms with Gasteiger partial charge >= 0.3 is 0 Å². The first-order valence-electron chi connectivity index (χ1n) is 6.97. The highest BCUT2D eigenvalue weighted by atomic mass is 15.1. The summed E-state index contributed by atoms with van der Waals surface area (Å²) in [4.78, 5) is 2.52. The Hall–Kier alpha value is -1.12. The summed E-state index contributed by atoms with van der Waals surface area (Å²) < 4.78 is 0. The van der Waals surface area contributed by atoms with E-state index in [2.05, 4.69) is 46.6 Å². The molecule has 1 aliphatic heterocycles. The van der Waals surface area contributed by atoms with Crippen LogP contribution < -0.4 is 5.32 Å². The lowest BCUT2D eigenvalue weighted by atomic mass is 10.0. The first kappa shape index (κ1) is 13.3. The van der Waals surface area contributed by atoms with Gasteiger partial charge in [-0.2, -0.15) is 0 Å². The SMILES string of the molecule is CNCCCC1=CCN(Cc2ccccc2)CC1. The van der Waals surface area contributed by atoms with Crippen LogP contribution in [0.4, 0.5) is 0 Å². The minimum absolute atomic E-state index is 1.08. The Labute approximate surface area is 111 Å². The molecule has 0 spiro atoms. The van der Waals surface area contributed by atoms with E-state index in [-0.39, 0.29) is 0 Å². The van der Waals surface area contributed by atoms with Crippen LogP contribution in [0.25, 0.3) is 0 Å². The van der Waals surface area contributed by atoms with E-state index < -0.39 is 0 Å². The molecule has 0 aliphatic carbocycles. The zero-order valence-corrected chi connectivity index (χ0v) is 11.4. The van der Waals surface area contributed by atoms with Crippen molar-refractivity contribution < 1.29 is 0 Å². The fourth-order valence-corrected chi connectivity index (χ4v) is 2.46. The van der Waals surface area contributed by atoms with E-state index >= 15 is 0 Å².